The van der Waals surface area contributed by atoms with Crippen LogP contribution in [0.5, 0.6) is 11.5 Å². The van der Waals surface area contributed by atoms with Crippen LogP contribution in [0.15, 0.2) is 18.2 Å². The molecule has 0 heterocycles. The predicted molar refractivity (Wildman–Crippen MR) is 74.2 cm³/mol. The van der Waals surface area contributed by atoms with Gasteiger partial charge in [0.1, 0.15) is 0 Å². The summed E-state index contributed by atoms with van der Waals surface area (Å²) in [6.07, 6.45) is 1.12. The van der Waals surface area contributed by atoms with Crippen molar-refractivity contribution in [2.24, 2.45) is 0 Å². The minimum Gasteiger partial charge on any atom is -0.504 e. The molecule has 1 rings (SSSR count). The fourth-order valence-corrected chi connectivity index (χ4v) is 1.91. The van der Waals surface area contributed by atoms with Gasteiger partial charge in [-0.1, -0.05) is 6.07 Å². The number of hydrogen-bond acceptors (Lipinski definition) is 4. The summed E-state index contributed by atoms with van der Waals surface area (Å²) in [5.74, 6) is 0.717. The summed E-state index contributed by atoms with van der Waals surface area (Å²) >= 11 is 0. The van der Waals surface area contributed by atoms with E-state index < -0.39 is 0 Å². The van der Waals surface area contributed by atoms with Gasteiger partial charge in [0.2, 0.25) is 0 Å². The summed E-state index contributed by atoms with van der Waals surface area (Å²) < 4.78 is 5.14. The van der Waals surface area contributed by atoms with Crippen molar-refractivity contribution in [3.8, 4) is 11.5 Å². The predicted octanol–water partition coefficient (Wildman–Crippen LogP) is 2.00. The van der Waals surface area contributed by atoms with E-state index in [0.29, 0.717) is 11.8 Å². The van der Waals surface area contributed by atoms with Crippen LogP contribution < -0.4 is 10.1 Å². The lowest BCUT2D eigenvalue weighted by molar-refractivity contribution is 0.257. The van der Waals surface area contributed by atoms with Gasteiger partial charge in [-0.25, -0.2) is 0 Å². The first-order valence-electron chi connectivity index (χ1n) is 6.32. The van der Waals surface area contributed by atoms with Gasteiger partial charge in [0.05, 0.1) is 7.11 Å². The number of benzene rings is 1. The topological polar surface area (TPSA) is 44.7 Å². The number of phenols is 1. The number of aromatic hydroxyl groups is 1. The number of ether oxygens (including phenoxy) is 1. The Bertz CT molecular complexity index is 369. The maximum atomic E-state index is 9.58. The third-order valence-electron chi connectivity index (χ3n) is 3.28. The molecule has 0 bridgehead atoms. The van der Waals surface area contributed by atoms with Crippen molar-refractivity contribution >= 4 is 0 Å². The first-order chi connectivity index (χ1) is 8.60. The second-order valence-corrected chi connectivity index (χ2v) is 4.54. The van der Waals surface area contributed by atoms with Crippen LogP contribution in [0.4, 0.5) is 0 Å². The minimum atomic E-state index is 0.186. The second kappa shape index (κ2) is 7.24. The minimum absolute atomic E-state index is 0.186. The van der Waals surface area contributed by atoms with Crippen molar-refractivity contribution in [2.75, 3.05) is 34.3 Å². The molecule has 1 aromatic carbocycles. The van der Waals surface area contributed by atoms with Crippen molar-refractivity contribution in [2.45, 2.75) is 19.4 Å². The van der Waals surface area contributed by atoms with E-state index in [4.69, 9.17) is 4.74 Å². The van der Waals surface area contributed by atoms with E-state index in [1.165, 1.54) is 0 Å². The number of phenolic OH excluding ortho intramolecular Hbond substituents is 1. The summed E-state index contributed by atoms with van der Waals surface area (Å²) in [5.41, 5.74) is 1.15. The van der Waals surface area contributed by atoms with Gasteiger partial charge in [-0.3, -0.25) is 4.90 Å². The van der Waals surface area contributed by atoms with E-state index in [2.05, 4.69) is 24.2 Å². The lowest BCUT2D eigenvalue weighted by atomic mass is 10.1. The van der Waals surface area contributed by atoms with Crippen molar-refractivity contribution in [3.63, 3.8) is 0 Å². The normalized spacial score (nSPS) is 12.7. The highest BCUT2D eigenvalue weighted by molar-refractivity contribution is 5.42. The van der Waals surface area contributed by atoms with Crippen LogP contribution in [0.2, 0.25) is 0 Å². The molecule has 0 amide bonds. The summed E-state index contributed by atoms with van der Waals surface area (Å²) in [6, 6.07) is 5.83. The molecule has 0 aliphatic carbocycles. The Morgan fingerprint density at radius 1 is 1.44 bits per heavy atom. The van der Waals surface area contributed by atoms with Crippen LogP contribution in [0, 0.1) is 0 Å². The number of nitrogens with one attached hydrogen (secondary N) is 1. The monoisotopic (exact) mass is 252 g/mol. The first-order valence-corrected chi connectivity index (χ1v) is 6.32. The molecule has 1 aromatic rings. The largest absolute Gasteiger partial charge is 0.504 e. The SMILES string of the molecule is CNCCCN(C)C(C)c1ccc(O)c(OC)c1. The van der Waals surface area contributed by atoms with Crippen molar-refractivity contribution in [1.29, 1.82) is 0 Å². The second-order valence-electron chi connectivity index (χ2n) is 4.54. The quantitative estimate of drug-likeness (QED) is 0.729. The Labute approximate surface area is 110 Å². The molecule has 0 aliphatic heterocycles. The molecule has 18 heavy (non-hydrogen) atoms. The molecule has 2 N–H and O–H groups in total. The average molecular weight is 252 g/mol. The van der Waals surface area contributed by atoms with Gasteiger partial charge < -0.3 is 15.2 Å². The van der Waals surface area contributed by atoms with Crippen molar-refractivity contribution in [3.05, 3.63) is 23.8 Å². The van der Waals surface area contributed by atoms with Crippen LogP contribution in [0.25, 0.3) is 0 Å². The summed E-state index contributed by atoms with van der Waals surface area (Å²) in [7, 11) is 5.65. The van der Waals surface area contributed by atoms with Gasteiger partial charge in [-0.05, 0) is 58.2 Å². The standard InChI is InChI=1S/C14H24N2O2/c1-11(16(3)9-5-8-15-2)12-6-7-13(17)14(10-12)18-4/h6-7,10-11,15,17H,5,8-9H2,1-4H3. The molecule has 0 spiro atoms. The van der Waals surface area contributed by atoms with Crippen molar-refractivity contribution in [1.82, 2.24) is 10.2 Å². The fourth-order valence-electron chi connectivity index (χ4n) is 1.91. The molecular formula is C14H24N2O2. The van der Waals surface area contributed by atoms with Crippen LogP contribution >= 0.6 is 0 Å². The molecule has 1 atom stereocenters. The first kappa shape index (κ1) is 14.8. The number of methoxy groups -OCH3 is 1. The molecule has 0 saturated carbocycles. The molecule has 4 heteroatoms. The van der Waals surface area contributed by atoms with E-state index in [1.807, 2.05) is 19.2 Å². The maximum Gasteiger partial charge on any atom is 0.160 e. The zero-order valence-corrected chi connectivity index (χ0v) is 11.7. The highest BCUT2D eigenvalue weighted by Crippen LogP contribution is 2.30. The Morgan fingerprint density at radius 3 is 2.78 bits per heavy atom. The van der Waals surface area contributed by atoms with Gasteiger partial charge in [-0.2, -0.15) is 0 Å². The Morgan fingerprint density at radius 2 is 2.17 bits per heavy atom. The lowest BCUT2D eigenvalue weighted by Gasteiger charge is -2.25. The third kappa shape index (κ3) is 3.89. The smallest absolute Gasteiger partial charge is 0.160 e. The fraction of sp³-hybridized carbons (Fsp3) is 0.571. The molecule has 0 aliphatic rings. The highest BCUT2D eigenvalue weighted by atomic mass is 16.5. The van der Waals surface area contributed by atoms with Crippen LogP contribution in [-0.4, -0.2) is 44.3 Å². The average Bonchev–Trinajstić information content (AvgIpc) is 2.38. The summed E-state index contributed by atoms with van der Waals surface area (Å²) in [5, 5.41) is 12.7. The number of nitrogens with zero attached hydrogens (tertiary/aromatic N) is 1. The molecule has 1 unspecified atom stereocenters. The van der Waals surface area contributed by atoms with Crippen LogP contribution in [-0.2, 0) is 0 Å². The Balaban J connectivity index is 2.67. The molecule has 0 aromatic heterocycles. The molecule has 0 fully saturated rings. The zero-order valence-electron chi connectivity index (χ0n) is 11.7. The molecular weight excluding hydrogens is 228 g/mol. The number of rotatable bonds is 7. The van der Waals surface area contributed by atoms with E-state index in [-0.39, 0.29) is 5.75 Å². The van der Waals surface area contributed by atoms with Crippen LogP contribution in [0.3, 0.4) is 0 Å². The third-order valence-corrected chi connectivity index (χ3v) is 3.28. The van der Waals surface area contributed by atoms with Crippen LogP contribution in [0.1, 0.15) is 24.9 Å². The Hall–Kier alpha value is -1.26. The molecule has 0 radical (unpaired) electrons. The van der Waals surface area contributed by atoms with E-state index in [1.54, 1.807) is 13.2 Å². The maximum absolute atomic E-state index is 9.58. The van der Waals surface area contributed by atoms with Gasteiger partial charge >= 0.3 is 0 Å². The van der Waals surface area contributed by atoms with Gasteiger partial charge in [-0.15, -0.1) is 0 Å². The van der Waals surface area contributed by atoms with Gasteiger partial charge in [0, 0.05) is 6.04 Å². The molecule has 0 saturated heterocycles. The summed E-state index contributed by atoms with van der Waals surface area (Å²) in [4.78, 5) is 2.29. The van der Waals surface area contributed by atoms with E-state index in [0.717, 1.165) is 25.1 Å². The number of hydrogen-bond donors (Lipinski definition) is 2. The van der Waals surface area contributed by atoms with E-state index >= 15 is 0 Å². The molecule has 102 valence electrons. The zero-order chi connectivity index (χ0) is 13.5. The van der Waals surface area contributed by atoms with Gasteiger partial charge in [0.25, 0.3) is 0 Å². The highest BCUT2D eigenvalue weighted by Gasteiger charge is 2.13. The lowest BCUT2D eigenvalue weighted by Crippen LogP contribution is -2.25. The van der Waals surface area contributed by atoms with Gasteiger partial charge in [0.15, 0.2) is 11.5 Å². The molecule has 4 nitrogen and oxygen atoms in total. The summed E-state index contributed by atoms with van der Waals surface area (Å²) in [6.45, 7) is 4.21. The van der Waals surface area contributed by atoms with Crippen molar-refractivity contribution < 1.29 is 9.84 Å². The Kier molecular flexibility index (Phi) is 5.95. The van der Waals surface area contributed by atoms with E-state index in [9.17, 15) is 5.11 Å².